The third kappa shape index (κ3) is 14.4. The van der Waals surface area contributed by atoms with E-state index in [1.807, 2.05) is 20.8 Å². The van der Waals surface area contributed by atoms with E-state index in [0.29, 0.717) is 51.2 Å². The molecule has 24 heteroatoms. The van der Waals surface area contributed by atoms with E-state index in [1.54, 1.807) is 147 Å². The van der Waals surface area contributed by atoms with Gasteiger partial charge in [0.25, 0.3) is 17.7 Å². The van der Waals surface area contributed by atoms with E-state index in [1.165, 1.54) is 32.9 Å². The number of halogens is 3. The molecule has 6 fully saturated rings. The molecule has 3 amide bonds. The van der Waals surface area contributed by atoms with Crippen LogP contribution in [0.1, 0.15) is 96.8 Å². The number of anilines is 6. The summed E-state index contributed by atoms with van der Waals surface area (Å²) < 4.78 is 62.7. The largest absolute Gasteiger partial charge is 0.487 e. The van der Waals surface area contributed by atoms with Crippen LogP contribution >= 0.6 is 36.7 Å². The van der Waals surface area contributed by atoms with Gasteiger partial charge >= 0.3 is 0 Å². The highest BCUT2D eigenvalue weighted by Gasteiger charge is 2.53. The quantitative estimate of drug-likeness (QED) is 0.0921. The summed E-state index contributed by atoms with van der Waals surface area (Å²) in [6, 6.07) is 29.7. The molecule has 0 bridgehead atoms. The first-order valence-electron chi connectivity index (χ1n) is 32.5. The summed E-state index contributed by atoms with van der Waals surface area (Å²) in [5, 5.41) is 4.06. The van der Waals surface area contributed by atoms with Crippen molar-refractivity contribution in [3.63, 3.8) is 0 Å². The van der Waals surface area contributed by atoms with Crippen molar-refractivity contribution in [1.82, 2.24) is 15.1 Å². The standard InChI is InChI=1S/2C25H27FN4O2S.C24H25FN4O2S/c2*1-16-14-17(6-8-21(16)27-4)29-23(31)25(2,3)30(24(29)33)18-7-9-22(20(26)15-18)32-19-10-12-28(5)13-11-19;1-15-13-16(5-7-20(15)26-4)28-22(30)24(2,3)29(23(28)32)17-6-8-21(19(25)14-17)31-18-9-11-27-12-10-18/h2*6-9,14-15,19H,10-13H2,1-3,5H3;5-8,13-14,18,27H,9-12H2,1-3H3. The number of carbonyl (C=O) groups excluding carboxylic acids is 3. The number of aryl methyl sites for hydroxylation is 3. The lowest BCUT2D eigenvalue weighted by Crippen LogP contribution is -2.44. The van der Waals surface area contributed by atoms with Crippen LogP contribution in [0.4, 0.5) is 64.4 Å². The van der Waals surface area contributed by atoms with E-state index in [0.717, 1.165) is 94.5 Å². The van der Waals surface area contributed by atoms with Crippen LogP contribution in [-0.2, 0) is 14.4 Å². The van der Waals surface area contributed by atoms with E-state index in [-0.39, 0.29) is 68.6 Å². The van der Waals surface area contributed by atoms with Gasteiger partial charge in [-0.25, -0.2) is 27.7 Å². The Morgan fingerprint density at radius 2 is 0.673 bits per heavy atom. The van der Waals surface area contributed by atoms with E-state index in [2.05, 4.69) is 43.7 Å². The summed E-state index contributed by atoms with van der Waals surface area (Å²) in [6.45, 7) is 43.2. The van der Waals surface area contributed by atoms with Gasteiger partial charge in [0.05, 0.1) is 19.7 Å². The van der Waals surface area contributed by atoms with Crippen molar-refractivity contribution in [1.29, 1.82) is 0 Å². The number of nitrogens with one attached hydrogen (secondary N) is 1. The smallest absolute Gasteiger partial charge is 0.259 e. The van der Waals surface area contributed by atoms with Crippen molar-refractivity contribution in [3.8, 4) is 17.2 Å². The van der Waals surface area contributed by atoms with Crippen molar-refractivity contribution in [3.05, 3.63) is 178 Å². The van der Waals surface area contributed by atoms with Crippen molar-refractivity contribution in [2.24, 2.45) is 0 Å². The van der Waals surface area contributed by atoms with Gasteiger partial charge in [-0.05, 0) is 254 Å². The summed E-state index contributed by atoms with van der Waals surface area (Å²) in [5.74, 6) is -1.45. The van der Waals surface area contributed by atoms with Gasteiger partial charge in [0.15, 0.2) is 67.1 Å². The van der Waals surface area contributed by atoms with Crippen LogP contribution in [0, 0.1) is 57.9 Å². The molecule has 6 aliphatic rings. The van der Waals surface area contributed by atoms with Crippen molar-refractivity contribution in [2.75, 3.05) is 82.8 Å². The number of thiocarbonyl (C=S) groups is 3. The molecule has 0 radical (unpaired) electrons. The number of ether oxygens (including phenoxy) is 3. The average Bonchev–Trinajstić information content (AvgIpc) is 1.60. The van der Waals surface area contributed by atoms with Crippen LogP contribution in [0.15, 0.2) is 109 Å². The second-order valence-electron chi connectivity index (χ2n) is 26.9. The molecule has 6 heterocycles. The van der Waals surface area contributed by atoms with Crippen LogP contribution in [-0.4, -0.2) is 131 Å². The molecule has 510 valence electrons. The van der Waals surface area contributed by atoms with Crippen molar-refractivity contribution < 1.29 is 41.8 Å². The molecule has 6 saturated heterocycles. The van der Waals surface area contributed by atoms with Gasteiger partial charge in [0.2, 0.25) is 0 Å². The SMILES string of the molecule is [C-]#[N+]c1ccc(N2C(=O)C(C)(C)N(c3ccc(OC4CCN(C)CC4)c(F)c3)C2=S)cc1C.[C-]#[N+]c1ccc(N2C(=O)C(C)(C)N(c3ccc(OC4CCN(C)CC4)c(F)c3)C2=S)cc1C.[C-]#[N+]c1ccc(N2C(=O)C(C)(C)N(c3ccc(OC4CCNCC4)c(F)c3)C2=S)cc1C. The Morgan fingerprint density at radius 1 is 0.418 bits per heavy atom. The Bertz CT molecular complexity index is 4100. The monoisotopic (exact) mass is 1380 g/mol. The summed E-state index contributed by atoms with van der Waals surface area (Å²) in [6.07, 6.45) is 5.06. The lowest BCUT2D eigenvalue weighted by atomic mass is 10.0. The summed E-state index contributed by atoms with van der Waals surface area (Å²) >= 11 is 17.0. The second-order valence-corrected chi connectivity index (χ2v) is 27.9. The first kappa shape index (κ1) is 71.7. The van der Waals surface area contributed by atoms with Gasteiger partial charge < -0.3 is 44.0 Å². The number of hydrogen-bond donors (Lipinski definition) is 1. The normalized spacial score (nSPS) is 19.0. The third-order valence-electron chi connectivity index (χ3n) is 18.7. The molecular formula is C74H79F3N12O6S3. The number of piperidine rings is 3. The molecule has 6 aromatic rings. The number of likely N-dealkylation sites (tertiary alicyclic amines) is 2. The number of rotatable bonds is 12. The molecule has 1 N–H and O–H groups in total. The highest BCUT2D eigenvalue weighted by atomic mass is 32.1. The Morgan fingerprint density at radius 3 is 0.918 bits per heavy atom. The minimum Gasteiger partial charge on any atom is -0.487 e. The molecule has 0 unspecified atom stereocenters. The van der Waals surface area contributed by atoms with Gasteiger partial charge in [0.1, 0.15) is 34.9 Å². The van der Waals surface area contributed by atoms with Crippen molar-refractivity contribution >= 4 is 121 Å². The summed E-state index contributed by atoms with van der Waals surface area (Å²) in [4.78, 5) is 64.3. The molecule has 0 aliphatic carbocycles. The number of carbonyl (C=O) groups is 3. The second kappa shape index (κ2) is 29.2. The number of hydrogen-bond acceptors (Lipinski definition) is 12. The summed E-state index contributed by atoms with van der Waals surface area (Å²) in [7, 11) is 4.13. The molecule has 0 saturated carbocycles. The zero-order valence-corrected chi connectivity index (χ0v) is 59.3. The van der Waals surface area contributed by atoms with Crippen LogP contribution in [0.3, 0.4) is 0 Å². The minimum atomic E-state index is -1.01. The van der Waals surface area contributed by atoms with Crippen LogP contribution in [0.5, 0.6) is 17.2 Å². The Kier molecular flexibility index (Phi) is 21.3. The first-order chi connectivity index (χ1) is 46.5. The van der Waals surface area contributed by atoms with Crippen LogP contribution < -0.4 is 48.9 Å². The lowest BCUT2D eigenvalue weighted by molar-refractivity contribution is -0.121. The number of benzene rings is 6. The Hall–Kier alpha value is -9.06. The minimum absolute atomic E-state index is 0.00964. The summed E-state index contributed by atoms with van der Waals surface area (Å²) in [5.41, 5.74) is 4.06. The van der Waals surface area contributed by atoms with E-state index in [9.17, 15) is 18.8 Å². The maximum absolute atomic E-state index is 15.0. The van der Waals surface area contributed by atoms with E-state index >= 15 is 8.78 Å². The molecular weight excluding hydrogens is 1310 g/mol. The Labute approximate surface area is 587 Å². The van der Waals surface area contributed by atoms with Crippen molar-refractivity contribution in [2.45, 2.75) is 136 Å². The molecule has 0 spiro atoms. The molecule has 0 atom stereocenters. The third-order valence-corrected chi connectivity index (χ3v) is 19.8. The molecule has 12 rings (SSSR count). The van der Waals surface area contributed by atoms with E-state index in [4.69, 9.17) is 70.6 Å². The maximum atomic E-state index is 15.0. The molecule has 6 aliphatic heterocycles. The highest BCUT2D eigenvalue weighted by molar-refractivity contribution is 7.81. The predicted molar refractivity (Wildman–Crippen MR) is 390 cm³/mol. The van der Waals surface area contributed by atoms with E-state index < -0.39 is 34.1 Å². The highest BCUT2D eigenvalue weighted by Crippen LogP contribution is 2.43. The first-order valence-corrected chi connectivity index (χ1v) is 33.7. The van der Waals surface area contributed by atoms with Gasteiger partial charge in [-0.1, -0.05) is 18.2 Å². The molecule has 0 aromatic heterocycles. The fraction of sp³-hybridized carbons (Fsp3) is 0.392. The zero-order chi connectivity index (χ0) is 70.9. The van der Waals surface area contributed by atoms with Gasteiger partial charge in [-0.2, -0.15) is 0 Å². The van der Waals surface area contributed by atoms with Gasteiger partial charge in [-0.3, -0.25) is 29.1 Å². The average molecular weight is 1390 g/mol. The van der Waals surface area contributed by atoms with Crippen LogP contribution in [0.2, 0.25) is 0 Å². The zero-order valence-electron chi connectivity index (χ0n) is 56.8. The lowest BCUT2D eigenvalue weighted by Gasteiger charge is -2.31. The number of nitrogens with zero attached hydrogens (tertiary/aromatic N) is 11. The molecule has 18 nitrogen and oxygen atoms in total. The van der Waals surface area contributed by atoms with Crippen LogP contribution in [0.25, 0.3) is 14.5 Å². The van der Waals surface area contributed by atoms with Gasteiger partial charge in [-0.15, -0.1) is 0 Å². The number of amides is 3. The fourth-order valence-corrected chi connectivity index (χ4v) is 14.5. The fourth-order valence-electron chi connectivity index (χ4n) is 12.9. The topological polar surface area (TPSA) is 130 Å². The molecule has 6 aromatic carbocycles. The maximum Gasteiger partial charge on any atom is 0.259 e. The Balaban J connectivity index is 0.000000159. The predicted octanol–water partition coefficient (Wildman–Crippen LogP) is 14.9. The van der Waals surface area contributed by atoms with Gasteiger partial charge in [0, 0.05) is 78.5 Å². The molecule has 98 heavy (non-hydrogen) atoms.